The Kier molecular flexibility index (Phi) is 3.43. The van der Waals surface area contributed by atoms with E-state index >= 15 is 0 Å². The Morgan fingerprint density at radius 1 is 0.900 bits per heavy atom. The molecule has 3 aromatic rings. The molecule has 0 spiro atoms. The fourth-order valence-electron chi connectivity index (χ4n) is 2.38. The monoisotopic (exact) mass is 286 g/mol. The number of halogens is 2. The molecule has 0 amide bonds. The van der Waals surface area contributed by atoms with Crippen LogP contribution in [0.2, 0.25) is 5.02 Å². The molecular formula is C17H12ClFO. The third-order valence-corrected chi connectivity index (χ3v) is 3.70. The quantitative estimate of drug-likeness (QED) is 0.723. The zero-order valence-corrected chi connectivity index (χ0v) is 11.3. The Hall–Kier alpha value is -1.90. The topological polar surface area (TPSA) is 20.2 Å². The third kappa shape index (κ3) is 2.28. The molecule has 0 saturated carbocycles. The number of aliphatic hydroxyl groups excluding tert-OH is 1. The Morgan fingerprint density at radius 3 is 2.45 bits per heavy atom. The van der Waals surface area contributed by atoms with Gasteiger partial charge in [0.1, 0.15) is 11.9 Å². The summed E-state index contributed by atoms with van der Waals surface area (Å²) in [6, 6.07) is 17.6. The summed E-state index contributed by atoms with van der Waals surface area (Å²) < 4.78 is 13.1. The minimum atomic E-state index is -0.880. The highest BCUT2D eigenvalue weighted by molar-refractivity contribution is 6.31. The lowest BCUT2D eigenvalue weighted by Gasteiger charge is -2.15. The van der Waals surface area contributed by atoms with Gasteiger partial charge in [-0.1, -0.05) is 60.1 Å². The van der Waals surface area contributed by atoms with Gasteiger partial charge in [-0.2, -0.15) is 0 Å². The third-order valence-electron chi connectivity index (χ3n) is 3.38. The molecule has 3 heteroatoms. The summed E-state index contributed by atoms with van der Waals surface area (Å²) in [5.74, 6) is -0.413. The molecule has 0 fully saturated rings. The van der Waals surface area contributed by atoms with Crippen LogP contribution in [0.25, 0.3) is 10.8 Å². The zero-order chi connectivity index (χ0) is 14.1. The summed E-state index contributed by atoms with van der Waals surface area (Å²) in [6.07, 6.45) is -0.880. The number of benzene rings is 3. The molecule has 1 unspecified atom stereocenters. The van der Waals surface area contributed by atoms with Crippen LogP contribution in [0.4, 0.5) is 4.39 Å². The van der Waals surface area contributed by atoms with Gasteiger partial charge in [0.05, 0.1) is 0 Å². The van der Waals surface area contributed by atoms with Crippen LogP contribution in [0, 0.1) is 5.82 Å². The molecule has 0 aromatic heterocycles. The normalized spacial score (nSPS) is 12.6. The Bertz CT molecular complexity index is 765. The highest BCUT2D eigenvalue weighted by Gasteiger charge is 2.16. The van der Waals surface area contributed by atoms with E-state index in [0.717, 1.165) is 16.3 Å². The lowest BCUT2D eigenvalue weighted by atomic mass is 9.96. The molecular weight excluding hydrogens is 275 g/mol. The molecule has 0 aliphatic carbocycles. The maximum Gasteiger partial charge on any atom is 0.124 e. The van der Waals surface area contributed by atoms with E-state index in [9.17, 15) is 9.50 Å². The average Bonchev–Trinajstić information content (AvgIpc) is 2.46. The van der Waals surface area contributed by atoms with Crippen molar-refractivity contribution in [3.63, 3.8) is 0 Å². The van der Waals surface area contributed by atoms with E-state index in [1.165, 1.54) is 18.2 Å². The molecule has 0 bridgehead atoms. The van der Waals surface area contributed by atoms with Gasteiger partial charge in [-0.05, 0) is 28.5 Å². The van der Waals surface area contributed by atoms with Crippen LogP contribution in [0.1, 0.15) is 17.2 Å². The zero-order valence-electron chi connectivity index (χ0n) is 10.6. The van der Waals surface area contributed by atoms with E-state index in [2.05, 4.69) is 0 Å². The molecule has 0 aliphatic heterocycles. The van der Waals surface area contributed by atoms with Gasteiger partial charge >= 0.3 is 0 Å². The van der Waals surface area contributed by atoms with Crippen LogP contribution < -0.4 is 0 Å². The van der Waals surface area contributed by atoms with Gasteiger partial charge in [0, 0.05) is 10.6 Å². The number of hydrogen-bond donors (Lipinski definition) is 1. The highest BCUT2D eigenvalue weighted by atomic mass is 35.5. The van der Waals surface area contributed by atoms with Crippen LogP contribution in [0.5, 0.6) is 0 Å². The standard InChI is InChI=1S/C17H12ClFO/c18-16-10-12(19)8-9-15(16)17(20)14-7-3-5-11-4-1-2-6-13(11)14/h1-10,17,20H. The maximum atomic E-state index is 13.1. The molecule has 1 atom stereocenters. The molecule has 3 rings (SSSR count). The van der Waals surface area contributed by atoms with Gasteiger partial charge in [0.25, 0.3) is 0 Å². The predicted octanol–water partition coefficient (Wildman–Crippen LogP) is 4.71. The van der Waals surface area contributed by atoms with E-state index in [-0.39, 0.29) is 5.02 Å². The van der Waals surface area contributed by atoms with E-state index < -0.39 is 11.9 Å². The van der Waals surface area contributed by atoms with Crippen molar-refractivity contribution >= 4 is 22.4 Å². The first-order chi connectivity index (χ1) is 9.66. The second kappa shape index (κ2) is 5.23. The molecule has 1 nitrogen and oxygen atoms in total. The van der Waals surface area contributed by atoms with Gasteiger partial charge < -0.3 is 5.11 Å². The lowest BCUT2D eigenvalue weighted by Crippen LogP contribution is -2.01. The number of aliphatic hydroxyl groups is 1. The minimum absolute atomic E-state index is 0.227. The number of hydrogen-bond acceptors (Lipinski definition) is 1. The molecule has 1 N–H and O–H groups in total. The van der Waals surface area contributed by atoms with Gasteiger partial charge in [-0.15, -0.1) is 0 Å². The molecule has 100 valence electrons. The van der Waals surface area contributed by atoms with Gasteiger partial charge in [0.2, 0.25) is 0 Å². The minimum Gasteiger partial charge on any atom is -0.384 e. The summed E-state index contributed by atoms with van der Waals surface area (Å²) in [6.45, 7) is 0. The summed E-state index contributed by atoms with van der Waals surface area (Å²) >= 11 is 6.03. The van der Waals surface area contributed by atoms with Crippen LogP contribution in [-0.4, -0.2) is 5.11 Å². The largest absolute Gasteiger partial charge is 0.384 e. The van der Waals surface area contributed by atoms with E-state index in [4.69, 9.17) is 11.6 Å². The SMILES string of the molecule is OC(c1ccc(F)cc1Cl)c1cccc2ccccc12. The van der Waals surface area contributed by atoms with Crippen LogP contribution in [0.15, 0.2) is 60.7 Å². The van der Waals surface area contributed by atoms with Crippen molar-refractivity contribution in [1.29, 1.82) is 0 Å². The van der Waals surface area contributed by atoms with Crippen molar-refractivity contribution in [2.75, 3.05) is 0 Å². The van der Waals surface area contributed by atoms with Crippen molar-refractivity contribution < 1.29 is 9.50 Å². The summed E-state index contributed by atoms with van der Waals surface area (Å²) in [4.78, 5) is 0. The molecule has 0 heterocycles. The highest BCUT2D eigenvalue weighted by Crippen LogP contribution is 2.32. The number of rotatable bonds is 2. The molecule has 3 aromatic carbocycles. The first-order valence-corrected chi connectivity index (χ1v) is 6.65. The van der Waals surface area contributed by atoms with E-state index in [1.54, 1.807) is 0 Å². The number of fused-ring (bicyclic) bond motifs is 1. The average molecular weight is 287 g/mol. The first-order valence-electron chi connectivity index (χ1n) is 6.27. The van der Waals surface area contributed by atoms with Crippen molar-refractivity contribution in [2.45, 2.75) is 6.10 Å². The molecule has 0 radical (unpaired) electrons. The lowest BCUT2D eigenvalue weighted by molar-refractivity contribution is 0.222. The van der Waals surface area contributed by atoms with Gasteiger partial charge in [-0.3, -0.25) is 0 Å². The molecule has 0 saturated heterocycles. The van der Waals surface area contributed by atoms with E-state index in [1.807, 2.05) is 42.5 Å². The maximum absolute atomic E-state index is 13.1. The van der Waals surface area contributed by atoms with Gasteiger partial charge in [-0.25, -0.2) is 4.39 Å². The van der Waals surface area contributed by atoms with Crippen molar-refractivity contribution in [1.82, 2.24) is 0 Å². The Balaban J connectivity index is 2.15. The summed E-state index contributed by atoms with van der Waals surface area (Å²) in [7, 11) is 0. The second-order valence-electron chi connectivity index (χ2n) is 4.64. The van der Waals surface area contributed by atoms with Gasteiger partial charge in [0.15, 0.2) is 0 Å². The van der Waals surface area contributed by atoms with E-state index in [0.29, 0.717) is 5.56 Å². The fourth-order valence-corrected chi connectivity index (χ4v) is 2.65. The van der Waals surface area contributed by atoms with Crippen LogP contribution in [-0.2, 0) is 0 Å². The summed E-state index contributed by atoms with van der Waals surface area (Å²) in [5, 5.41) is 12.8. The van der Waals surface area contributed by atoms with Crippen LogP contribution >= 0.6 is 11.6 Å². The molecule has 20 heavy (non-hydrogen) atoms. The predicted molar refractivity (Wildman–Crippen MR) is 79.4 cm³/mol. The first kappa shape index (κ1) is 13.1. The van der Waals surface area contributed by atoms with Crippen LogP contribution in [0.3, 0.4) is 0 Å². The summed E-state index contributed by atoms with van der Waals surface area (Å²) in [5.41, 5.74) is 1.26. The Labute approximate surface area is 121 Å². The fraction of sp³-hybridized carbons (Fsp3) is 0.0588. The van der Waals surface area contributed by atoms with Crippen molar-refractivity contribution in [2.24, 2.45) is 0 Å². The Morgan fingerprint density at radius 2 is 1.65 bits per heavy atom. The second-order valence-corrected chi connectivity index (χ2v) is 5.04. The molecule has 0 aliphatic rings. The van der Waals surface area contributed by atoms with Crippen molar-refractivity contribution in [3.8, 4) is 0 Å². The smallest absolute Gasteiger partial charge is 0.124 e. The van der Waals surface area contributed by atoms with Crippen molar-refractivity contribution in [3.05, 3.63) is 82.6 Å².